The third-order valence-corrected chi connectivity index (χ3v) is 8.05. The Morgan fingerprint density at radius 2 is 1.77 bits per heavy atom. The highest BCUT2D eigenvalue weighted by Gasteiger charge is 2.64. The molecule has 3 fully saturated rings. The summed E-state index contributed by atoms with van der Waals surface area (Å²) in [7, 11) is 0. The quantitative estimate of drug-likeness (QED) is 0.758. The van der Waals surface area contributed by atoms with Gasteiger partial charge in [-0.25, -0.2) is 0 Å². The number of pyridine rings is 1. The van der Waals surface area contributed by atoms with Crippen LogP contribution < -0.4 is 0 Å². The molecule has 2 saturated heterocycles. The summed E-state index contributed by atoms with van der Waals surface area (Å²) in [6, 6.07) is 14.6. The van der Waals surface area contributed by atoms with Gasteiger partial charge in [-0.3, -0.25) is 14.6 Å². The maximum atomic E-state index is 13.9. The van der Waals surface area contributed by atoms with E-state index < -0.39 is 0 Å². The van der Waals surface area contributed by atoms with Crippen LogP contribution in [0.2, 0.25) is 0 Å². The Bertz CT molecular complexity index is 1010. The van der Waals surface area contributed by atoms with Crippen LogP contribution in [0.4, 0.5) is 0 Å². The summed E-state index contributed by atoms with van der Waals surface area (Å²) >= 11 is 0. The van der Waals surface area contributed by atoms with Crippen molar-refractivity contribution in [1.29, 1.82) is 0 Å². The minimum absolute atomic E-state index is 0.00552. The van der Waals surface area contributed by atoms with Crippen molar-refractivity contribution in [2.24, 2.45) is 5.41 Å². The number of carbonyl (C=O) groups excluding carboxylic acids is 2. The molecule has 1 aliphatic carbocycles. The number of likely N-dealkylation sites (tertiary alicyclic amines) is 2. The molecule has 2 amide bonds. The Morgan fingerprint density at radius 1 is 1.06 bits per heavy atom. The number of nitrogens with zero attached hydrogens (tertiary/aromatic N) is 3. The Balaban J connectivity index is 1.61. The number of rotatable bonds is 3. The van der Waals surface area contributed by atoms with Gasteiger partial charge in [0.05, 0.1) is 12.1 Å². The standard InChI is InChI=1S/C26H31N3O2/c1-17-9-8-14-27-24(17)25(31)29-21-16-26(3)22(12-7-13-23(26)29)28(18(2)30)20(21)15-19-10-5-4-6-11-19/h4-6,8-11,14,20-23H,7,12-13,15-16H2,1-3H3/t20-,21-,22+,23-,26+/m0/s1. The third kappa shape index (κ3) is 3.08. The lowest BCUT2D eigenvalue weighted by atomic mass is 9.64. The second-order valence-electron chi connectivity index (χ2n) is 9.80. The average Bonchev–Trinajstić information content (AvgIpc) is 3.06. The number of amides is 2. The molecule has 5 nitrogen and oxygen atoms in total. The second-order valence-corrected chi connectivity index (χ2v) is 9.80. The van der Waals surface area contributed by atoms with E-state index in [1.165, 1.54) is 5.56 Å². The van der Waals surface area contributed by atoms with Gasteiger partial charge in [0.15, 0.2) is 0 Å². The molecule has 1 aromatic heterocycles. The SMILES string of the molecule is CC(=O)N1[C@@H](Cc2ccccc2)[C@@H]2C[C@@]3(C)[C@H](CCC[C@@H]13)N2C(=O)c1ncccc1C. The Kier molecular flexibility index (Phi) is 4.87. The Morgan fingerprint density at radius 3 is 2.45 bits per heavy atom. The monoisotopic (exact) mass is 417 g/mol. The molecule has 5 heteroatoms. The highest BCUT2D eigenvalue weighted by atomic mass is 16.2. The number of carbonyl (C=O) groups is 2. The molecule has 0 N–H and O–H groups in total. The minimum Gasteiger partial charge on any atom is -0.334 e. The summed E-state index contributed by atoms with van der Waals surface area (Å²) in [6.45, 7) is 5.96. The van der Waals surface area contributed by atoms with Crippen LogP contribution in [0.15, 0.2) is 48.7 Å². The molecule has 31 heavy (non-hydrogen) atoms. The normalized spacial score (nSPS) is 31.6. The highest BCUT2D eigenvalue weighted by Crippen LogP contribution is 2.56. The highest BCUT2D eigenvalue weighted by molar-refractivity contribution is 5.94. The number of aromatic nitrogens is 1. The maximum absolute atomic E-state index is 13.9. The summed E-state index contributed by atoms with van der Waals surface area (Å²) in [4.78, 5) is 35.6. The van der Waals surface area contributed by atoms with Gasteiger partial charge in [-0.2, -0.15) is 0 Å². The van der Waals surface area contributed by atoms with E-state index in [1.807, 2.05) is 37.3 Å². The molecule has 2 aromatic rings. The van der Waals surface area contributed by atoms with Crippen molar-refractivity contribution in [2.45, 2.75) is 77.0 Å². The van der Waals surface area contributed by atoms with Crippen LogP contribution in [-0.4, -0.2) is 50.8 Å². The first-order valence-electron chi connectivity index (χ1n) is 11.5. The zero-order chi connectivity index (χ0) is 21.8. The fourth-order valence-corrected chi connectivity index (χ4v) is 6.76. The minimum atomic E-state index is -0.0554. The van der Waals surface area contributed by atoms with E-state index in [4.69, 9.17) is 0 Å². The van der Waals surface area contributed by atoms with E-state index in [0.717, 1.165) is 37.7 Å². The number of hydrogen-bond acceptors (Lipinski definition) is 3. The molecule has 3 aliphatic rings. The molecule has 0 spiro atoms. The van der Waals surface area contributed by atoms with Crippen molar-refractivity contribution in [1.82, 2.24) is 14.8 Å². The molecule has 2 aliphatic heterocycles. The molecule has 1 saturated carbocycles. The number of piperidine rings is 1. The molecule has 3 heterocycles. The van der Waals surface area contributed by atoms with Gasteiger partial charge in [0.2, 0.25) is 5.91 Å². The summed E-state index contributed by atoms with van der Waals surface area (Å²) in [5, 5.41) is 0. The second kappa shape index (κ2) is 7.47. The Labute approximate surface area is 184 Å². The molecule has 0 unspecified atom stereocenters. The number of fused-ring (bicyclic) bond motifs is 1. The molecule has 0 radical (unpaired) electrons. The summed E-state index contributed by atoms with van der Waals surface area (Å²) < 4.78 is 0. The predicted molar refractivity (Wildman–Crippen MR) is 120 cm³/mol. The molecular formula is C26H31N3O2. The largest absolute Gasteiger partial charge is 0.334 e. The first-order chi connectivity index (χ1) is 14.9. The predicted octanol–water partition coefficient (Wildman–Crippen LogP) is 4.01. The van der Waals surface area contributed by atoms with Crippen LogP contribution in [0.25, 0.3) is 0 Å². The van der Waals surface area contributed by atoms with Crippen LogP contribution >= 0.6 is 0 Å². The van der Waals surface area contributed by atoms with E-state index in [2.05, 4.69) is 33.8 Å². The van der Waals surface area contributed by atoms with Crippen molar-refractivity contribution < 1.29 is 9.59 Å². The fourth-order valence-electron chi connectivity index (χ4n) is 6.76. The van der Waals surface area contributed by atoms with E-state index in [-0.39, 0.29) is 41.4 Å². The van der Waals surface area contributed by atoms with Gasteiger partial charge < -0.3 is 9.80 Å². The number of aryl methyl sites for hydroxylation is 1. The van der Waals surface area contributed by atoms with E-state index in [1.54, 1.807) is 13.1 Å². The van der Waals surface area contributed by atoms with Gasteiger partial charge in [-0.15, -0.1) is 0 Å². The lowest BCUT2D eigenvalue weighted by Crippen LogP contribution is -2.62. The van der Waals surface area contributed by atoms with E-state index >= 15 is 0 Å². The van der Waals surface area contributed by atoms with Crippen LogP contribution in [0, 0.1) is 12.3 Å². The number of benzene rings is 1. The van der Waals surface area contributed by atoms with Gasteiger partial charge in [0.25, 0.3) is 5.91 Å². The van der Waals surface area contributed by atoms with Crippen molar-refractivity contribution in [2.75, 3.05) is 0 Å². The van der Waals surface area contributed by atoms with Crippen molar-refractivity contribution in [3.63, 3.8) is 0 Å². The van der Waals surface area contributed by atoms with Gasteiger partial charge in [0, 0.05) is 30.6 Å². The van der Waals surface area contributed by atoms with Crippen LogP contribution in [0.1, 0.15) is 61.1 Å². The molecule has 5 rings (SSSR count). The molecular weight excluding hydrogens is 386 g/mol. The topological polar surface area (TPSA) is 53.5 Å². The van der Waals surface area contributed by atoms with Crippen molar-refractivity contribution >= 4 is 11.8 Å². The van der Waals surface area contributed by atoms with Crippen molar-refractivity contribution in [3.05, 3.63) is 65.5 Å². The van der Waals surface area contributed by atoms with Gasteiger partial charge in [-0.1, -0.05) is 43.3 Å². The number of hydrogen-bond donors (Lipinski definition) is 0. The first-order valence-corrected chi connectivity index (χ1v) is 11.5. The van der Waals surface area contributed by atoms with Gasteiger partial charge in [-0.05, 0) is 56.2 Å². The maximum Gasteiger partial charge on any atom is 0.273 e. The zero-order valence-electron chi connectivity index (χ0n) is 18.6. The molecule has 162 valence electrons. The summed E-state index contributed by atoms with van der Waals surface area (Å²) in [6.07, 6.45) is 6.51. The van der Waals surface area contributed by atoms with Gasteiger partial charge >= 0.3 is 0 Å². The van der Waals surface area contributed by atoms with Gasteiger partial charge in [0.1, 0.15) is 5.69 Å². The first kappa shape index (κ1) is 20.2. The van der Waals surface area contributed by atoms with E-state index in [9.17, 15) is 9.59 Å². The van der Waals surface area contributed by atoms with Crippen molar-refractivity contribution in [3.8, 4) is 0 Å². The summed E-state index contributed by atoms with van der Waals surface area (Å²) in [5.74, 6) is 0.159. The lowest BCUT2D eigenvalue weighted by molar-refractivity contribution is -0.142. The lowest BCUT2D eigenvalue weighted by Gasteiger charge is -2.52. The Hall–Kier alpha value is -2.69. The van der Waals surface area contributed by atoms with Crippen LogP contribution in [0.3, 0.4) is 0 Å². The molecule has 1 aromatic carbocycles. The van der Waals surface area contributed by atoms with E-state index in [0.29, 0.717) is 5.69 Å². The van der Waals surface area contributed by atoms with Crippen LogP contribution in [-0.2, 0) is 11.2 Å². The zero-order valence-corrected chi connectivity index (χ0v) is 18.6. The third-order valence-electron chi connectivity index (χ3n) is 8.05. The fraction of sp³-hybridized carbons (Fsp3) is 0.500. The molecule has 5 atom stereocenters. The summed E-state index contributed by atoms with van der Waals surface area (Å²) in [5.41, 5.74) is 2.62. The molecule has 2 bridgehead atoms. The smallest absolute Gasteiger partial charge is 0.273 e. The average molecular weight is 418 g/mol. The van der Waals surface area contributed by atoms with Crippen LogP contribution in [0.5, 0.6) is 0 Å².